The van der Waals surface area contributed by atoms with Gasteiger partial charge in [0, 0.05) is 17.3 Å². The summed E-state index contributed by atoms with van der Waals surface area (Å²) in [6.07, 6.45) is 0. The second-order valence-corrected chi connectivity index (χ2v) is 8.56. The van der Waals surface area contributed by atoms with Gasteiger partial charge in [0.2, 0.25) is 5.91 Å². The standard InChI is InChI=1S/C25H22Cl2N2O2/c1-3-28-19-11-9-17(10-12-19)25(2)23(30)22-20(27)13-18(26)14-21(22)29(24(25)31)15-16-7-5-4-6-8-16/h4-14,28H,3,15H2,1-2H3. The fourth-order valence-corrected chi connectivity index (χ4v) is 4.60. The van der Waals surface area contributed by atoms with Crippen molar-refractivity contribution in [2.75, 3.05) is 16.8 Å². The van der Waals surface area contributed by atoms with Crippen LogP contribution in [0.25, 0.3) is 0 Å². The molecule has 1 aliphatic heterocycles. The maximum absolute atomic E-state index is 13.9. The zero-order valence-corrected chi connectivity index (χ0v) is 18.8. The Hall–Kier alpha value is -2.82. The van der Waals surface area contributed by atoms with E-state index < -0.39 is 5.41 Å². The molecule has 31 heavy (non-hydrogen) atoms. The van der Waals surface area contributed by atoms with Gasteiger partial charge in [0.1, 0.15) is 5.41 Å². The first-order chi connectivity index (χ1) is 14.9. The highest BCUT2D eigenvalue weighted by Crippen LogP contribution is 2.44. The van der Waals surface area contributed by atoms with Gasteiger partial charge in [0.05, 0.1) is 22.8 Å². The van der Waals surface area contributed by atoms with Crippen molar-refractivity contribution in [1.29, 1.82) is 0 Å². The predicted molar refractivity (Wildman–Crippen MR) is 126 cm³/mol. The highest BCUT2D eigenvalue weighted by Gasteiger charge is 2.51. The number of carbonyl (C=O) groups is 2. The van der Waals surface area contributed by atoms with Crippen molar-refractivity contribution in [2.45, 2.75) is 25.8 Å². The molecule has 158 valence electrons. The molecule has 0 saturated heterocycles. The van der Waals surface area contributed by atoms with Crippen LogP contribution in [0.5, 0.6) is 0 Å². The molecule has 0 aliphatic carbocycles. The molecular formula is C25H22Cl2N2O2. The summed E-state index contributed by atoms with van der Waals surface area (Å²) in [7, 11) is 0. The van der Waals surface area contributed by atoms with Crippen LogP contribution in [0, 0.1) is 0 Å². The molecule has 0 bridgehead atoms. The van der Waals surface area contributed by atoms with Gasteiger partial charge in [-0.1, -0.05) is 65.7 Å². The molecule has 0 aromatic heterocycles. The molecular weight excluding hydrogens is 431 g/mol. The quantitative estimate of drug-likeness (QED) is 0.474. The monoisotopic (exact) mass is 452 g/mol. The lowest BCUT2D eigenvalue weighted by molar-refractivity contribution is -0.122. The van der Waals surface area contributed by atoms with Gasteiger partial charge in [-0.3, -0.25) is 9.59 Å². The summed E-state index contributed by atoms with van der Waals surface area (Å²) in [5.74, 6) is -0.627. The fourth-order valence-electron chi connectivity index (χ4n) is 4.03. The summed E-state index contributed by atoms with van der Waals surface area (Å²) in [5, 5.41) is 3.85. The third kappa shape index (κ3) is 3.71. The lowest BCUT2D eigenvalue weighted by Crippen LogP contribution is -2.54. The van der Waals surface area contributed by atoms with Crippen molar-refractivity contribution in [3.05, 3.63) is 93.5 Å². The Bertz CT molecular complexity index is 1150. The van der Waals surface area contributed by atoms with E-state index in [1.54, 1.807) is 24.0 Å². The molecule has 1 amide bonds. The van der Waals surface area contributed by atoms with Gasteiger partial charge in [0.25, 0.3) is 0 Å². The Labute approximate surface area is 191 Å². The Balaban J connectivity index is 1.87. The first kappa shape index (κ1) is 21.4. The van der Waals surface area contributed by atoms with E-state index >= 15 is 0 Å². The minimum absolute atomic E-state index is 0.244. The van der Waals surface area contributed by atoms with E-state index in [0.717, 1.165) is 17.8 Å². The van der Waals surface area contributed by atoms with Gasteiger partial charge in [0.15, 0.2) is 5.78 Å². The average Bonchev–Trinajstić information content (AvgIpc) is 2.76. The Morgan fingerprint density at radius 1 is 0.968 bits per heavy atom. The number of nitrogens with one attached hydrogen (secondary N) is 1. The molecule has 6 heteroatoms. The lowest BCUT2D eigenvalue weighted by Gasteiger charge is -2.40. The number of fused-ring (bicyclic) bond motifs is 1. The van der Waals surface area contributed by atoms with Crippen molar-refractivity contribution in [3.63, 3.8) is 0 Å². The summed E-state index contributed by atoms with van der Waals surface area (Å²) < 4.78 is 0. The van der Waals surface area contributed by atoms with Gasteiger partial charge in [-0.15, -0.1) is 0 Å². The largest absolute Gasteiger partial charge is 0.385 e. The maximum atomic E-state index is 13.9. The Morgan fingerprint density at radius 3 is 2.29 bits per heavy atom. The van der Waals surface area contributed by atoms with Gasteiger partial charge < -0.3 is 10.2 Å². The third-order valence-electron chi connectivity index (χ3n) is 5.71. The molecule has 3 aromatic rings. The van der Waals surface area contributed by atoms with E-state index in [-0.39, 0.29) is 16.7 Å². The second-order valence-electron chi connectivity index (χ2n) is 7.72. The van der Waals surface area contributed by atoms with E-state index in [9.17, 15) is 9.59 Å². The number of amides is 1. The van der Waals surface area contributed by atoms with Crippen LogP contribution < -0.4 is 10.2 Å². The molecule has 1 heterocycles. The highest BCUT2D eigenvalue weighted by atomic mass is 35.5. The molecule has 0 saturated carbocycles. The molecule has 1 atom stereocenters. The van der Waals surface area contributed by atoms with E-state index in [2.05, 4.69) is 5.32 Å². The molecule has 4 rings (SSSR count). The Morgan fingerprint density at radius 2 is 1.65 bits per heavy atom. The van der Waals surface area contributed by atoms with Gasteiger partial charge in [-0.2, -0.15) is 0 Å². The van der Waals surface area contributed by atoms with Crippen LogP contribution in [0.15, 0.2) is 66.7 Å². The number of halogens is 2. The number of hydrogen-bond acceptors (Lipinski definition) is 3. The van der Waals surface area contributed by atoms with E-state index in [1.165, 1.54) is 0 Å². The summed E-state index contributed by atoms with van der Waals surface area (Å²) in [6.45, 7) is 4.77. The molecule has 0 radical (unpaired) electrons. The van der Waals surface area contributed by atoms with Gasteiger partial charge in [-0.25, -0.2) is 0 Å². The topological polar surface area (TPSA) is 49.4 Å². The minimum atomic E-state index is -1.40. The molecule has 1 unspecified atom stereocenters. The summed E-state index contributed by atoms with van der Waals surface area (Å²) in [6, 6.07) is 20.2. The number of carbonyl (C=O) groups excluding carboxylic acids is 2. The first-order valence-electron chi connectivity index (χ1n) is 10.1. The number of ketones is 1. The number of anilines is 2. The molecule has 1 aliphatic rings. The molecule has 0 spiro atoms. The number of Topliss-reactive ketones (excluding diaryl/α,β-unsaturated/α-hetero) is 1. The summed E-state index contributed by atoms with van der Waals surface area (Å²) in [4.78, 5) is 29.2. The minimum Gasteiger partial charge on any atom is -0.385 e. The Kier molecular flexibility index (Phi) is 5.78. The van der Waals surface area contributed by atoms with E-state index in [1.807, 2.05) is 61.5 Å². The number of benzene rings is 3. The first-order valence-corrected chi connectivity index (χ1v) is 10.9. The molecule has 0 fully saturated rings. The summed E-state index contributed by atoms with van der Waals surface area (Å²) in [5.41, 5.74) is 1.86. The molecule has 3 aromatic carbocycles. The number of hydrogen-bond donors (Lipinski definition) is 1. The zero-order valence-electron chi connectivity index (χ0n) is 17.3. The van der Waals surface area contributed by atoms with Crippen molar-refractivity contribution in [1.82, 2.24) is 0 Å². The van der Waals surface area contributed by atoms with Crippen LogP contribution in [0.1, 0.15) is 35.3 Å². The van der Waals surface area contributed by atoms with Crippen LogP contribution >= 0.6 is 23.2 Å². The van der Waals surface area contributed by atoms with Crippen LogP contribution in [0.4, 0.5) is 11.4 Å². The van der Waals surface area contributed by atoms with E-state index in [4.69, 9.17) is 23.2 Å². The fraction of sp³-hybridized carbons (Fsp3) is 0.200. The van der Waals surface area contributed by atoms with Gasteiger partial charge >= 0.3 is 0 Å². The van der Waals surface area contributed by atoms with Gasteiger partial charge in [-0.05, 0) is 49.2 Å². The van der Waals surface area contributed by atoms with Crippen molar-refractivity contribution in [2.24, 2.45) is 0 Å². The second kappa shape index (κ2) is 8.37. The van der Waals surface area contributed by atoms with Crippen LogP contribution in [0.3, 0.4) is 0 Å². The normalized spacial score (nSPS) is 18.1. The van der Waals surface area contributed by atoms with Crippen molar-refractivity contribution in [3.8, 4) is 0 Å². The van der Waals surface area contributed by atoms with Crippen molar-refractivity contribution < 1.29 is 9.59 Å². The predicted octanol–water partition coefficient (Wildman–Crippen LogP) is 6.11. The summed E-state index contributed by atoms with van der Waals surface area (Å²) >= 11 is 12.7. The number of rotatable bonds is 5. The molecule has 4 nitrogen and oxygen atoms in total. The van der Waals surface area contributed by atoms with Crippen molar-refractivity contribution >= 4 is 46.3 Å². The lowest BCUT2D eigenvalue weighted by atomic mass is 9.72. The van der Waals surface area contributed by atoms with Crippen LogP contribution in [0.2, 0.25) is 10.0 Å². The smallest absolute Gasteiger partial charge is 0.245 e. The highest BCUT2D eigenvalue weighted by molar-refractivity contribution is 6.41. The molecule has 1 N–H and O–H groups in total. The number of nitrogens with zero attached hydrogens (tertiary/aromatic N) is 1. The van der Waals surface area contributed by atoms with E-state index in [0.29, 0.717) is 28.4 Å². The average molecular weight is 453 g/mol. The van der Waals surface area contributed by atoms with Crippen LogP contribution in [-0.4, -0.2) is 18.2 Å². The maximum Gasteiger partial charge on any atom is 0.245 e. The SMILES string of the molecule is CCNc1ccc(C2(C)C(=O)c3c(Cl)cc(Cl)cc3N(Cc3ccccc3)C2=O)cc1. The van der Waals surface area contributed by atoms with Crippen LogP contribution in [-0.2, 0) is 16.8 Å². The third-order valence-corrected chi connectivity index (χ3v) is 6.22. The zero-order chi connectivity index (χ0) is 22.2.